The van der Waals surface area contributed by atoms with Gasteiger partial charge in [0.05, 0.1) is 19.8 Å². The minimum atomic E-state index is -0.703. The van der Waals surface area contributed by atoms with Crippen molar-refractivity contribution >= 4 is 11.9 Å². The summed E-state index contributed by atoms with van der Waals surface area (Å²) in [6, 6.07) is 0. The Hall–Kier alpha value is -1.84. The monoisotopic (exact) mass is 222 g/mol. The van der Waals surface area contributed by atoms with E-state index in [2.05, 4.69) is 9.47 Å². The van der Waals surface area contributed by atoms with Crippen LogP contribution < -0.4 is 0 Å². The van der Waals surface area contributed by atoms with Crippen molar-refractivity contribution in [2.45, 2.75) is 6.92 Å². The molecule has 0 heterocycles. The number of rotatable bonds is 2. The number of methoxy groups -OCH3 is 2. The zero-order valence-electron chi connectivity index (χ0n) is 9.52. The molecule has 0 spiro atoms. The summed E-state index contributed by atoms with van der Waals surface area (Å²) in [5.74, 6) is -1.70. The number of hydrogen-bond donors (Lipinski definition) is 0. The molecule has 1 aliphatic rings. The van der Waals surface area contributed by atoms with Crippen LogP contribution in [-0.4, -0.2) is 26.2 Å². The first-order chi connectivity index (χ1) is 7.60. The van der Waals surface area contributed by atoms with E-state index in [4.69, 9.17) is 0 Å². The first-order valence-electron chi connectivity index (χ1n) is 4.83. The molecule has 4 nitrogen and oxygen atoms in total. The fourth-order valence-electron chi connectivity index (χ4n) is 1.38. The van der Waals surface area contributed by atoms with Crippen molar-refractivity contribution in [2.24, 2.45) is 5.92 Å². The predicted molar refractivity (Wildman–Crippen MR) is 58.5 cm³/mol. The van der Waals surface area contributed by atoms with Crippen molar-refractivity contribution in [1.29, 1.82) is 0 Å². The lowest BCUT2D eigenvalue weighted by Gasteiger charge is -2.11. The third-order valence-electron chi connectivity index (χ3n) is 2.29. The highest BCUT2D eigenvalue weighted by Gasteiger charge is 2.27. The van der Waals surface area contributed by atoms with Crippen LogP contribution in [0.5, 0.6) is 0 Å². The molecule has 0 aromatic heterocycles. The largest absolute Gasteiger partial charge is 0.468 e. The highest BCUT2D eigenvalue weighted by atomic mass is 16.5. The van der Waals surface area contributed by atoms with Gasteiger partial charge in [-0.05, 0) is 6.92 Å². The number of allylic oxidation sites excluding steroid dienone is 4. The van der Waals surface area contributed by atoms with E-state index in [1.807, 2.05) is 6.92 Å². The van der Waals surface area contributed by atoms with Crippen LogP contribution in [0, 0.1) is 5.92 Å². The molecule has 1 aliphatic carbocycles. The molecule has 0 aromatic carbocycles. The Kier molecular flexibility index (Phi) is 4.05. The third-order valence-corrected chi connectivity index (χ3v) is 2.29. The minimum Gasteiger partial charge on any atom is -0.468 e. The molecule has 0 amide bonds. The van der Waals surface area contributed by atoms with Gasteiger partial charge in [-0.2, -0.15) is 0 Å². The van der Waals surface area contributed by atoms with E-state index in [1.54, 1.807) is 24.3 Å². The minimum absolute atomic E-state index is 0.280. The molecular formula is C12H14O4. The molecule has 1 rings (SSSR count). The molecule has 0 N–H and O–H groups in total. The van der Waals surface area contributed by atoms with Gasteiger partial charge in [-0.1, -0.05) is 29.9 Å². The predicted octanol–water partition coefficient (Wildman–Crippen LogP) is 1.39. The zero-order valence-corrected chi connectivity index (χ0v) is 9.52. The second-order valence-electron chi connectivity index (χ2n) is 3.38. The quantitative estimate of drug-likeness (QED) is 0.662. The number of carbonyl (C=O) groups is 2. The summed E-state index contributed by atoms with van der Waals surface area (Å²) in [5.41, 5.74) is 1.23. The fourth-order valence-corrected chi connectivity index (χ4v) is 1.38. The van der Waals surface area contributed by atoms with E-state index in [-0.39, 0.29) is 5.57 Å². The maximum atomic E-state index is 11.5. The molecule has 0 aliphatic heterocycles. The number of carbonyl (C=O) groups excluding carboxylic acids is 2. The summed E-state index contributed by atoms with van der Waals surface area (Å²) in [6.07, 6.45) is 6.75. The van der Waals surface area contributed by atoms with Crippen LogP contribution in [0.2, 0.25) is 0 Å². The van der Waals surface area contributed by atoms with Gasteiger partial charge in [-0.3, -0.25) is 4.79 Å². The number of ether oxygens (including phenoxy) is 2. The molecule has 1 unspecified atom stereocenters. The van der Waals surface area contributed by atoms with E-state index in [9.17, 15) is 9.59 Å². The Morgan fingerprint density at radius 3 is 2.44 bits per heavy atom. The Labute approximate surface area is 94.2 Å². The molecule has 1 atom stereocenters. The van der Waals surface area contributed by atoms with E-state index in [0.29, 0.717) is 0 Å². The standard InChI is InChI=1S/C12H14O4/c1-8-4-6-9(11(13)15-2)10(7-5-8)12(14)16-3/h4-7,9H,1-3H3. The highest BCUT2D eigenvalue weighted by Crippen LogP contribution is 2.20. The summed E-state index contributed by atoms with van der Waals surface area (Å²) in [5, 5.41) is 0. The molecule has 0 aromatic rings. The lowest BCUT2D eigenvalue weighted by atomic mass is 9.99. The molecule has 0 saturated carbocycles. The van der Waals surface area contributed by atoms with Gasteiger partial charge in [0, 0.05) is 0 Å². The fraction of sp³-hybridized carbons (Fsp3) is 0.333. The summed E-state index contributed by atoms with van der Waals surface area (Å²) in [6.45, 7) is 1.88. The van der Waals surface area contributed by atoms with Crippen LogP contribution in [-0.2, 0) is 19.1 Å². The van der Waals surface area contributed by atoms with E-state index in [0.717, 1.165) is 5.57 Å². The van der Waals surface area contributed by atoms with Gasteiger partial charge in [0.15, 0.2) is 0 Å². The lowest BCUT2D eigenvalue weighted by molar-refractivity contribution is -0.145. The Bertz CT molecular complexity index is 388. The normalized spacial score (nSPS) is 19.3. The van der Waals surface area contributed by atoms with Gasteiger partial charge in [0.2, 0.25) is 0 Å². The van der Waals surface area contributed by atoms with Crippen LogP contribution in [0.25, 0.3) is 0 Å². The maximum absolute atomic E-state index is 11.5. The van der Waals surface area contributed by atoms with Crippen molar-refractivity contribution in [3.63, 3.8) is 0 Å². The smallest absolute Gasteiger partial charge is 0.334 e. The first-order valence-corrected chi connectivity index (χ1v) is 4.83. The SMILES string of the molecule is COC(=O)C1=CC=C(C)C=CC1C(=O)OC. The average Bonchev–Trinajstić information content (AvgIpc) is 2.49. The third kappa shape index (κ3) is 2.59. The summed E-state index contributed by atoms with van der Waals surface area (Å²) < 4.78 is 9.27. The summed E-state index contributed by atoms with van der Waals surface area (Å²) >= 11 is 0. The van der Waals surface area contributed by atoms with Gasteiger partial charge < -0.3 is 9.47 Å². The zero-order chi connectivity index (χ0) is 12.1. The lowest BCUT2D eigenvalue weighted by Crippen LogP contribution is -2.22. The van der Waals surface area contributed by atoms with E-state index >= 15 is 0 Å². The maximum Gasteiger partial charge on any atom is 0.334 e. The van der Waals surface area contributed by atoms with Crippen LogP contribution >= 0.6 is 0 Å². The van der Waals surface area contributed by atoms with Gasteiger partial charge in [-0.15, -0.1) is 0 Å². The molecular weight excluding hydrogens is 208 g/mol. The average molecular weight is 222 g/mol. The van der Waals surface area contributed by atoms with E-state index < -0.39 is 17.9 Å². The van der Waals surface area contributed by atoms with Crippen molar-refractivity contribution in [1.82, 2.24) is 0 Å². The van der Waals surface area contributed by atoms with Crippen LogP contribution in [0.4, 0.5) is 0 Å². The first kappa shape index (κ1) is 12.2. The summed E-state index contributed by atoms with van der Waals surface area (Å²) in [4.78, 5) is 23.0. The molecule has 86 valence electrons. The Balaban J connectivity index is 3.10. The van der Waals surface area contributed by atoms with Crippen molar-refractivity contribution < 1.29 is 19.1 Å². The molecule has 0 fully saturated rings. The van der Waals surface area contributed by atoms with Gasteiger partial charge in [0.25, 0.3) is 0 Å². The molecule has 0 radical (unpaired) electrons. The van der Waals surface area contributed by atoms with Crippen LogP contribution in [0.15, 0.2) is 35.5 Å². The Morgan fingerprint density at radius 1 is 1.19 bits per heavy atom. The second-order valence-corrected chi connectivity index (χ2v) is 3.38. The topological polar surface area (TPSA) is 52.6 Å². The van der Waals surface area contributed by atoms with Crippen molar-refractivity contribution in [3.8, 4) is 0 Å². The van der Waals surface area contributed by atoms with Gasteiger partial charge in [0.1, 0.15) is 5.92 Å². The van der Waals surface area contributed by atoms with Gasteiger partial charge in [-0.25, -0.2) is 4.79 Å². The highest BCUT2D eigenvalue weighted by molar-refractivity contribution is 5.97. The molecule has 16 heavy (non-hydrogen) atoms. The second kappa shape index (κ2) is 5.30. The summed E-state index contributed by atoms with van der Waals surface area (Å²) in [7, 11) is 2.57. The van der Waals surface area contributed by atoms with Crippen molar-refractivity contribution in [2.75, 3.05) is 14.2 Å². The molecule has 0 saturated heterocycles. The molecule has 0 bridgehead atoms. The van der Waals surface area contributed by atoms with Gasteiger partial charge >= 0.3 is 11.9 Å². The number of esters is 2. The number of hydrogen-bond acceptors (Lipinski definition) is 4. The Morgan fingerprint density at radius 2 is 1.88 bits per heavy atom. The van der Waals surface area contributed by atoms with Crippen LogP contribution in [0.1, 0.15) is 6.92 Å². The van der Waals surface area contributed by atoms with Crippen molar-refractivity contribution in [3.05, 3.63) is 35.5 Å². The van der Waals surface area contributed by atoms with Crippen LogP contribution in [0.3, 0.4) is 0 Å². The molecule has 4 heteroatoms. The van der Waals surface area contributed by atoms with E-state index in [1.165, 1.54) is 14.2 Å².